The van der Waals surface area contributed by atoms with Crippen LogP contribution in [0.1, 0.15) is 13.3 Å². The quantitative estimate of drug-likeness (QED) is 0.856. The molecule has 1 unspecified atom stereocenters. The molecule has 0 aliphatic heterocycles. The summed E-state index contributed by atoms with van der Waals surface area (Å²) >= 11 is 5.90. The molecule has 1 atom stereocenters. The molecule has 1 rings (SSSR count). The maximum absolute atomic E-state index is 8.84. The van der Waals surface area contributed by atoms with Crippen molar-refractivity contribution in [1.82, 2.24) is 0 Å². The first-order valence-electron chi connectivity index (χ1n) is 5.18. The van der Waals surface area contributed by atoms with Crippen molar-refractivity contribution in [1.29, 1.82) is 5.26 Å². The van der Waals surface area contributed by atoms with E-state index in [-0.39, 0.29) is 5.92 Å². The van der Waals surface area contributed by atoms with E-state index in [1.54, 1.807) is 25.3 Å². The molecule has 1 N–H and O–H groups in total. The van der Waals surface area contributed by atoms with Gasteiger partial charge in [0.25, 0.3) is 0 Å². The third-order valence-electron chi connectivity index (χ3n) is 2.38. The van der Waals surface area contributed by atoms with E-state index in [4.69, 9.17) is 21.6 Å². The van der Waals surface area contributed by atoms with Crippen LogP contribution in [0.2, 0.25) is 5.02 Å². The predicted molar refractivity (Wildman–Crippen MR) is 65.9 cm³/mol. The normalized spacial score (nSPS) is 11.6. The van der Waals surface area contributed by atoms with Crippen LogP contribution < -0.4 is 10.1 Å². The number of hydrogen-bond acceptors (Lipinski definition) is 3. The van der Waals surface area contributed by atoms with E-state index >= 15 is 0 Å². The summed E-state index contributed by atoms with van der Waals surface area (Å²) in [6, 6.07) is 7.61. The lowest BCUT2D eigenvalue weighted by atomic mass is 10.1. The average molecular weight is 239 g/mol. The largest absolute Gasteiger partial charge is 0.495 e. The molecule has 0 amide bonds. The number of benzene rings is 1. The van der Waals surface area contributed by atoms with Crippen molar-refractivity contribution >= 4 is 17.3 Å². The molecule has 0 radical (unpaired) electrons. The first-order chi connectivity index (χ1) is 7.71. The molecule has 0 fully saturated rings. The van der Waals surface area contributed by atoms with Crippen molar-refractivity contribution in [3.63, 3.8) is 0 Å². The number of nitrogens with one attached hydrogen (secondary N) is 1. The molecule has 16 heavy (non-hydrogen) atoms. The lowest BCUT2D eigenvalue weighted by Gasteiger charge is -2.13. The van der Waals surface area contributed by atoms with Gasteiger partial charge in [0.05, 0.1) is 24.8 Å². The Hall–Kier alpha value is -1.40. The second kappa shape index (κ2) is 6.24. The van der Waals surface area contributed by atoms with E-state index in [0.29, 0.717) is 11.6 Å². The van der Waals surface area contributed by atoms with E-state index in [0.717, 1.165) is 17.9 Å². The molecule has 0 aliphatic rings. The van der Waals surface area contributed by atoms with Gasteiger partial charge in [-0.2, -0.15) is 5.26 Å². The lowest BCUT2D eigenvalue weighted by molar-refractivity contribution is 0.416. The highest BCUT2D eigenvalue weighted by Crippen LogP contribution is 2.27. The van der Waals surface area contributed by atoms with Crippen molar-refractivity contribution in [2.75, 3.05) is 19.0 Å². The third kappa shape index (κ3) is 3.32. The molecule has 0 saturated heterocycles. The number of halogens is 1. The van der Waals surface area contributed by atoms with Crippen LogP contribution in [0, 0.1) is 17.2 Å². The Balaban J connectivity index is 2.72. The minimum absolute atomic E-state index is 0.00341. The van der Waals surface area contributed by atoms with Gasteiger partial charge in [-0.15, -0.1) is 0 Å². The Bertz CT molecular complexity index is 387. The lowest BCUT2D eigenvalue weighted by Crippen LogP contribution is -2.12. The molecule has 4 heteroatoms. The number of methoxy groups -OCH3 is 1. The predicted octanol–water partition coefficient (Wildman–Crippen LogP) is 3.31. The van der Waals surface area contributed by atoms with E-state index in [1.165, 1.54) is 0 Å². The van der Waals surface area contributed by atoms with Crippen molar-refractivity contribution in [2.45, 2.75) is 13.3 Å². The van der Waals surface area contributed by atoms with Crippen LogP contribution in [0.5, 0.6) is 5.75 Å². The summed E-state index contributed by atoms with van der Waals surface area (Å²) in [5.74, 6) is 0.737. The van der Waals surface area contributed by atoms with Crippen molar-refractivity contribution < 1.29 is 4.74 Å². The standard InChI is InChI=1S/C12H15ClN2O/c1-3-9(7-14)8-15-11-6-10(13)4-5-12(11)16-2/h4-6,9,15H,3,8H2,1-2H3. The Labute approximate surface area is 101 Å². The first-order valence-corrected chi connectivity index (χ1v) is 5.56. The first kappa shape index (κ1) is 12.7. The summed E-state index contributed by atoms with van der Waals surface area (Å²) in [6.45, 7) is 2.59. The van der Waals surface area contributed by atoms with E-state index in [1.807, 2.05) is 6.92 Å². The molecule has 1 aromatic carbocycles. The molecule has 1 aromatic rings. The van der Waals surface area contributed by atoms with Gasteiger partial charge in [0, 0.05) is 11.6 Å². The second-order valence-corrected chi connectivity index (χ2v) is 3.90. The van der Waals surface area contributed by atoms with Crippen LogP contribution >= 0.6 is 11.6 Å². The maximum atomic E-state index is 8.84. The monoisotopic (exact) mass is 238 g/mol. The molecule has 3 nitrogen and oxygen atoms in total. The molecule has 0 aliphatic carbocycles. The summed E-state index contributed by atoms with van der Waals surface area (Å²) in [5.41, 5.74) is 0.823. The van der Waals surface area contributed by atoms with Crippen molar-refractivity contribution in [3.8, 4) is 11.8 Å². The fourth-order valence-electron chi connectivity index (χ4n) is 1.33. The Morgan fingerprint density at radius 1 is 1.56 bits per heavy atom. The van der Waals surface area contributed by atoms with Crippen LogP contribution in [-0.2, 0) is 0 Å². The summed E-state index contributed by atoms with van der Waals surface area (Å²) in [6.07, 6.45) is 0.826. The fourth-order valence-corrected chi connectivity index (χ4v) is 1.50. The highest BCUT2D eigenvalue weighted by Gasteiger charge is 2.07. The van der Waals surface area contributed by atoms with Crippen LogP contribution in [0.15, 0.2) is 18.2 Å². The van der Waals surface area contributed by atoms with Crippen molar-refractivity contribution in [3.05, 3.63) is 23.2 Å². The Morgan fingerprint density at radius 2 is 2.31 bits per heavy atom. The number of ether oxygens (including phenoxy) is 1. The van der Waals surface area contributed by atoms with Gasteiger partial charge in [-0.05, 0) is 24.6 Å². The fraction of sp³-hybridized carbons (Fsp3) is 0.417. The number of rotatable bonds is 5. The highest BCUT2D eigenvalue weighted by molar-refractivity contribution is 6.30. The number of nitrogens with zero attached hydrogens (tertiary/aromatic N) is 1. The zero-order chi connectivity index (χ0) is 12.0. The molecular weight excluding hydrogens is 224 g/mol. The van der Waals surface area contributed by atoms with Gasteiger partial charge in [-0.25, -0.2) is 0 Å². The third-order valence-corrected chi connectivity index (χ3v) is 2.61. The molecule has 0 spiro atoms. The topological polar surface area (TPSA) is 45.0 Å². The summed E-state index contributed by atoms with van der Waals surface area (Å²) < 4.78 is 5.20. The van der Waals surface area contributed by atoms with E-state index in [2.05, 4.69) is 11.4 Å². The zero-order valence-electron chi connectivity index (χ0n) is 9.46. The Kier molecular flexibility index (Phi) is 4.94. The second-order valence-electron chi connectivity index (χ2n) is 3.46. The molecule has 0 aromatic heterocycles. The van der Waals surface area contributed by atoms with Crippen LogP contribution in [0.4, 0.5) is 5.69 Å². The highest BCUT2D eigenvalue weighted by atomic mass is 35.5. The Morgan fingerprint density at radius 3 is 2.88 bits per heavy atom. The summed E-state index contributed by atoms with van der Waals surface area (Å²) in [5, 5.41) is 12.7. The van der Waals surface area contributed by atoms with Gasteiger partial charge in [0.15, 0.2) is 0 Å². The minimum Gasteiger partial charge on any atom is -0.495 e. The van der Waals surface area contributed by atoms with Crippen molar-refractivity contribution in [2.24, 2.45) is 5.92 Å². The molecule has 0 heterocycles. The molecule has 0 saturated carbocycles. The molecular formula is C12H15ClN2O. The summed E-state index contributed by atoms with van der Waals surface area (Å²) in [7, 11) is 1.61. The van der Waals surface area contributed by atoms with Gasteiger partial charge in [-0.3, -0.25) is 0 Å². The SMILES string of the molecule is CCC(C#N)CNc1cc(Cl)ccc1OC. The summed E-state index contributed by atoms with van der Waals surface area (Å²) in [4.78, 5) is 0. The number of anilines is 1. The number of hydrogen-bond donors (Lipinski definition) is 1. The zero-order valence-corrected chi connectivity index (χ0v) is 10.2. The maximum Gasteiger partial charge on any atom is 0.142 e. The molecule has 86 valence electrons. The molecule has 0 bridgehead atoms. The van der Waals surface area contributed by atoms with Gasteiger partial charge >= 0.3 is 0 Å². The van der Waals surface area contributed by atoms with E-state index < -0.39 is 0 Å². The van der Waals surface area contributed by atoms with Gasteiger partial charge < -0.3 is 10.1 Å². The smallest absolute Gasteiger partial charge is 0.142 e. The van der Waals surface area contributed by atoms with Gasteiger partial charge in [0.2, 0.25) is 0 Å². The van der Waals surface area contributed by atoms with Crippen LogP contribution in [-0.4, -0.2) is 13.7 Å². The van der Waals surface area contributed by atoms with Crippen LogP contribution in [0.25, 0.3) is 0 Å². The van der Waals surface area contributed by atoms with Crippen LogP contribution in [0.3, 0.4) is 0 Å². The van der Waals surface area contributed by atoms with E-state index in [9.17, 15) is 0 Å². The van der Waals surface area contributed by atoms with Gasteiger partial charge in [-0.1, -0.05) is 18.5 Å². The average Bonchev–Trinajstić information content (AvgIpc) is 2.30. The number of nitriles is 1. The minimum atomic E-state index is 0.00341. The van der Waals surface area contributed by atoms with Gasteiger partial charge in [0.1, 0.15) is 5.75 Å².